The average Bonchev–Trinajstić information content (AvgIpc) is 3.41. The second kappa shape index (κ2) is 7.73. The first-order valence-corrected chi connectivity index (χ1v) is 12.4. The van der Waals surface area contributed by atoms with E-state index in [9.17, 15) is 15.0 Å². The van der Waals surface area contributed by atoms with Crippen LogP contribution in [0.25, 0.3) is 6.08 Å². The van der Waals surface area contributed by atoms with Crippen molar-refractivity contribution in [3.05, 3.63) is 65.6 Å². The number of amides is 1. The first-order chi connectivity index (χ1) is 16.8. The van der Waals surface area contributed by atoms with Crippen LogP contribution < -0.4 is 4.74 Å². The number of aromatic hydroxyl groups is 1. The van der Waals surface area contributed by atoms with Gasteiger partial charge in [0.15, 0.2) is 11.5 Å². The van der Waals surface area contributed by atoms with Gasteiger partial charge in [-0.25, -0.2) is 0 Å². The molecule has 1 saturated heterocycles. The van der Waals surface area contributed by atoms with E-state index < -0.39 is 17.1 Å². The number of rotatable bonds is 5. The van der Waals surface area contributed by atoms with Gasteiger partial charge in [0.05, 0.1) is 17.1 Å². The van der Waals surface area contributed by atoms with Gasteiger partial charge in [0.2, 0.25) is 5.91 Å². The zero-order valence-corrected chi connectivity index (χ0v) is 20.2. The van der Waals surface area contributed by atoms with Crippen LogP contribution in [-0.2, 0) is 16.6 Å². The number of phenols is 1. The number of likely N-dealkylation sites (N-methyl/N-ethyl adjacent to an activating group) is 1. The van der Waals surface area contributed by atoms with E-state index >= 15 is 0 Å². The molecule has 0 radical (unpaired) electrons. The van der Waals surface area contributed by atoms with Gasteiger partial charge in [-0.3, -0.25) is 9.69 Å². The zero-order chi connectivity index (χ0) is 24.5. The molecule has 1 spiro atoms. The van der Waals surface area contributed by atoms with E-state index in [0.29, 0.717) is 43.7 Å². The molecule has 2 aromatic rings. The third kappa shape index (κ3) is 2.94. The summed E-state index contributed by atoms with van der Waals surface area (Å²) >= 11 is 0. The average molecular weight is 477 g/mol. The molecule has 2 N–H and O–H groups in total. The molecule has 4 aliphatic rings. The van der Waals surface area contributed by atoms with Crippen molar-refractivity contribution in [1.82, 2.24) is 9.80 Å². The lowest BCUT2D eigenvalue weighted by Crippen LogP contribution is -2.78. The molecule has 1 aromatic carbocycles. The van der Waals surface area contributed by atoms with E-state index in [1.165, 1.54) is 6.08 Å². The smallest absolute Gasteiger partial charge is 0.246 e. The van der Waals surface area contributed by atoms with Crippen LogP contribution in [0.15, 0.2) is 47.4 Å². The lowest BCUT2D eigenvalue weighted by atomic mass is 9.48. The summed E-state index contributed by atoms with van der Waals surface area (Å²) in [5.41, 5.74) is 0.390. The van der Waals surface area contributed by atoms with Gasteiger partial charge in [-0.2, -0.15) is 0 Å². The van der Waals surface area contributed by atoms with Crippen LogP contribution in [0.1, 0.15) is 41.9 Å². The Labute approximate surface area is 205 Å². The van der Waals surface area contributed by atoms with Gasteiger partial charge >= 0.3 is 0 Å². The Morgan fingerprint density at radius 2 is 2.14 bits per heavy atom. The van der Waals surface area contributed by atoms with Crippen LogP contribution in [0.5, 0.6) is 11.5 Å². The lowest BCUT2D eigenvalue weighted by molar-refractivity contribution is -0.198. The van der Waals surface area contributed by atoms with E-state index in [2.05, 4.69) is 11.5 Å². The van der Waals surface area contributed by atoms with E-state index in [-0.39, 0.29) is 23.7 Å². The highest BCUT2D eigenvalue weighted by Gasteiger charge is 2.73. The minimum Gasteiger partial charge on any atom is -0.504 e. The van der Waals surface area contributed by atoms with Crippen LogP contribution in [0.2, 0.25) is 0 Å². The molecule has 0 unspecified atom stereocenters. The molecule has 184 valence electrons. The number of hydrogen-bond donors (Lipinski definition) is 2. The molecule has 3 heterocycles. The monoisotopic (exact) mass is 476 g/mol. The van der Waals surface area contributed by atoms with Crippen molar-refractivity contribution < 1.29 is 24.2 Å². The van der Waals surface area contributed by atoms with Crippen molar-refractivity contribution in [3.8, 4) is 11.5 Å². The Morgan fingerprint density at radius 3 is 2.89 bits per heavy atom. The van der Waals surface area contributed by atoms with Crippen LogP contribution >= 0.6 is 0 Å². The molecule has 1 amide bonds. The number of piperidine rings is 1. The molecule has 2 fully saturated rings. The van der Waals surface area contributed by atoms with Gasteiger partial charge in [0.1, 0.15) is 17.6 Å². The second-order valence-electron chi connectivity index (χ2n) is 10.5. The topological polar surface area (TPSA) is 86.4 Å². The molecule has 7 heteroatoms. The van der Waals surface area contributed by atoms with E-state index in [1.807, 2.05) is 31.2 Å². The second-order valence-corrected chi connectivity index (χ2v) is 10.5. The first kappa shape index (κ1) is 22.4. The number of aryl methyl sites for hydroxylation is 1. The maximum absolute atomic E-state index is 13.2. The lowest BCUT2D eigenvalue weighted by Gasteiger charge is -2.64. The molecule has 6 rings (SSSR count). The Kier molecular flexibility index (Phi) is 4.96. The van der Waals surface area contributed by atoms with Crippen molar-refractivity contribution >= 4 is 12.0 Å². The van der Waals surface area contributed by atoms with Gasteiger partial charge in [-0.1, -0.05) is 12.1 Å². The molecular formula is C28H32N2O5. The summed E-state index contributed by atoms with van der Waals surface area (Å²) in [5, 5.41) is 23.2. The number of hydrogen-bond acceptors (Lipinski definition) is 6. The first-order valence-electron chi connectivity index (χ1n) is 12.4. The summed E-state index contributed by atoms with van der Waals surface area (Å²) in [4.78, 5) is 17.3. The number of likely N-dealkylation sites (tertiary alicyclic amines) is 1. The Hall–Kier alpha value is -3.03. The third-order valence-corrected chi connectivity index (χ3v) is 8.90. The Balaban J connectivity index is 1.39. The van der Waals surface area contributed by atoms with Crippen molar-refractivity contribution in [2.75, 3.05) is 20.1 Å². The van der Waals surface area contributed by atoms with E-state index in [4.69, 9.17) is 9.15 Å². The predicted molar refractivity (Wildman–Crippen MR) is 131 cm³/mol. The number of benzene rings is 1. The highest BCUT2D eigenvalue weighted by Crippen LogP contribution is 2.65. The summed E-state index contributed by atoms with van der Waals surface area (Å²) < 4.78 is 12.1. The molecule has 35 heavy (non-hydrogen) atoms. The molecule has 1 saturated carbocycles. The zero-order valence-electron chi connectivity index (χ0n) is 20.2. The fourth-order valence-electron chi connectivity index (χ4n) is 7.36. The Bertz CT molecular complexity index is 1230. The fraction of sp³-hybridized carbons (Fsp3) is 0.464. The SMILES string of the molecule is C=CCN1CC[C@]23c4c5ccc(O)c4O[C@H]2[C@H](N(C)C(=O)/C=C/c2ccc(C)o2)CC[C@@]3(O)[C@H]1C5. The highest BCUT2D eigenvalue weighted by atomic mass is 16.5. The van der Waals surface area contributed by atoms with E-state index in [0.717, 1.165) is 23.4 Å². The van der Waals surface area contributed by atoms with Gasteiger partial charge in [-0.05, 0) is 69.0 Å². The minimum absolute atomic E-state index is 0.0626. The normalized spacial score (nSPS) is 32.8. The minimum atomic E-state index is -1.01. The van der Waals surface area contributed by atoms with Crippen molar-refractivity contribution in [3.63, 3.8) is 0 Å². The van der Waals surface area contributed by atoms with Gasteiger partial charge in [-0.15, -0.1) is 6.58 Å². The largest absolute Gasteiger partial charge is 0.504 e. The van der Waals surface area contributed by atoms with Crippen LogP contribution in [0, 0.1) is 6.92 Å². The summed E-state index contributed by atoms with van der Waals surface area (Å²) in [5.74, 6) is 1.85. The molecule has 2 aliphatic carbocycles. The van der Waals surface area contributed by atoms with Crippen LogP contribution in [-0.4, -0.2) is 69.8 Å². The van der Waals surface area contributed by atoms with Crippen molar-refractivity contribution in [2.24, 2.45) is 0 Å². The number of ether oxygens (including phenoxy) is 1. The number of phenolic OH excluding ortho intramolecular Hbond substituents is 1. The standard InChI is InChI=1S/C28H32N2O5/c1-4-14-30-15-13-27-24-18-6-9-21(31)25(24)35-26(27)20(11-12-28(27,33)22(30)16-18)29(3)23(32)10-8-19-7-5-17(2)34-19/h4-10,20,22,26,31,33H,1,11-16H2,2-3H3/b10-8+/t20-,22-,26+,27+,28-/m1/s1. The fourth-order valence-corrected chi connectivity index (χ4v) is 7.36. The summed E-state index contributed by atoms with van der Waals surface area (Å²) in [6.07, 6.45) is 7.24. The predicted octanol–water partition coefficient (Wildman–Crippen LogP) is 3.17. The molecule has 2 aliphatic heterocycles. The van der Waals surface area contributed by atoms with Crippen molar-refractivity contribution in [2.45, 2.75) is 61.8 Å². The summed E-state index contributed by atoms with van der Waals surface area (Å²) in [6.45, 7) is 7.31. The molecule has 7 nitrogen and oxygen atoms in total. The van der Waals surface area contributed by atoms with Crippen LogP contribution in [0.3, 0.4) is 0 Å². The summed E-state index contributed by atoms with van der Waals surface area (Å²) in [7, 11) is 1.80. The van der Waals surface area contributed by atoms with E-state index in [1.54, 1.807) is 24.1 Å². The quantitative estimate of drug-likeness (QED) is 0.509. The molecular weight excluding hydrogens is 444 g/mol. The van der Waals surface area contributed by atoms with Gasteiger partial charge in [0, 0.05) is 31.3 Å². The number of nitrogens with zero attached hydrogens (tertiary/aromatic N) is 2. The number of aliphatic hydroxyl groups is 1. The van der Waals surface area contributed by atoms with Crippen molar-refractivity contribution in [1.29, 1.82) is 0 Å². The molecule has 2 bridgehead atoms. The highest BCUT2D eigenvalue weighted by molar-refractivity contribution is 5.91. The third-order valence-electron chi connectivity index (χ3n) is 8.90. The molecule has 5 atom stereocenters. The van der Waals surface area contributed by atoms with Crippen LogP contribution in [0.4, 0.5) is 0 Å². The maximum atomic E-state index is 13.2. The number of carbonyl (C=O) groups is 1. The van der Waals surface area contributed by atoms with Gasteiger partial charge in [0.25, 0.3) is 0 Å². The summed E-state index contributed by atoms with van der Waals surface area (Å²) in [6, 6.07) is 7.05. The maximum Gasteiger partial charge on any atom is 0.246 e. The molecule has 1 aromatic heterocycles. The number of furan rings is 1. The number of carbonyl (C=O) groups excluding carboxylic acids is 1. The van der Waals surface area contributed by atoms with Gasteiger partial charge < -0.3 is 24.3 Å². The Morgan fingerprint density at radius 1 is 1.31 bits per heavy atom.